The van der Waals surface area contributed by atoms with Gasteiger partial charge >= 0.3 is 0 Å². The van der Waals surface area contributed by atoms with Gasteiger partial charge in [0.05, 0.1) is 13.7 Å². The molecular formula is C15H21N3O3. The van der Waals surface area contributed by atoms with E-state index in [0.29, 0.717) is 30.6 Å². The average molecular weight is 291 g/mol. The number of piperidine rings is 1. The highest BCUT2D eigenvalue weighted by Crippen LogP contribution is 2.33. The van der Waals surface area contributed by atoms with E-state index in [2.05, 4.69) is 10.2 Å². The molecule has 1 saturated heterocycles. The van der Waals surface area contributed by atoms with Crippen LogP contribution in [0.5, 0.6) is 11.8 Å². The van der Waals surface area contributed by atoms with Gasteiger partial charge in [-0.05, 0) is 31.6 Å². The first-order valence-corrected chi connectivity index (χ1v) is 7.57. The number of hydrogen-bond donors (Lipinski definition) is 0. The minimum atomic E-state index is 0.00426. The number of nitrogens with zero attached hydrogens (tertiary/aromatic N) is 3. The minimum absolute atomic E-state index is 0.00426. The fourth-order valence-corrected chi connectivity index (χ4v) is 2.61. The lowest BCUT2D eigenvalue weighted by Crippen LogP contribution is -2.44. The molecule has 2 heterocycles. The molecule has 114 valence electrons. The van der Waals surface area contributed by atoms with Crippen molar-refractivity contribution >= 4 is 5.91 Å². The average Bonchev–Trinajstić information content (AvgIpc) is 3.32. The molecule has 1 aliphatic carbocycles. The van der Waals surface area contributed by atoms with Crippen LogP contribution in [-0.2, 0) is 4.79 Å². The molecule has 1 atom stereocenters. The van der Waals surface area contributed by atoms with E-state index in [1.165, 1.54) is 12.8 Å². The summed E-state index contributed by atoms with van der Waals surface area (Å²) in [7, 11) is 1.55. The van der Waals surface area contributed by atoms with Gasteiger partial charge in [-0.25, -0.2) is 0 Å². The lowest BCUT2D eigenvalue weighted by atomic mass is 10.1. The Morgan fingerprint density at radius 1 is 1.29 bits per heavy atom. The van der Waals surface area contributed by atoms with Crippen molar-refractivity contribution in [2.45, 2.75) is 38.2 Å². The quantitative estimate of drug-likeness (QED) is 0.825. The summed E-state index contributed by atoms with van der Waals surface area (Å²) in [4.78, 5) is 14.1. The van der Waals surface area contributed by atoms with Crippen molar-refractivity contribution in [3.05, 3.63) is 12.1 Å². The molecule has 0 aromatic carbocycles. The molecule has 0 radical (unpaired) electrons. The second-order valence-electron chi connectivity index (χ2n) is 5.78. The fraction of sp³-hybridized carbons (Fsp3) is 0.667. The maximum atomic E-state index is 12.2. The number of ether oxygens (including phenoxy) is 2. The van der Waals surface area contributed by atoms with E-state index in [9.17, 15) is 4.79 Å². The van der Waals surface area contributed by atoms with Gasteiger partial charge in [-0.2, -0.15) is 0 Å². The van der Waals surface area contributed by atoms with Crippen LogP contribution in [0.1, 0.15) is 32.1 Å². The van der Waals surface area contributed by atoms with Crippen LogP contribution >= 0.6 is 0 Å². The summed E-state index contributed by atoms with van der Waals surface area (Å²) in [5.41, 5.74) is 0. The zero-order valence-electron chi connectivity index (χ0n) is 12.3. The summed E-state index contributed by atoms with van der Waals surface area (Å²) < 4.78 is 10.8. The zero-order valence-corrected chi connectivity index (χ0v) is 12.3. The SMILES string of the molecule is COc1ccc(OC2CCCN(C(=O)CC3CC3)C2)nn1. The van der Waals surface area contributed by atoms with Crippen molar-refractivity contribution in [1.82, 2.24) is 15.1 Å². The van der Waals surface area contributed by atoms with Gasteiger partial charge in [0.25, 0.3) is 0 Å². The van der Waals surface area contributed by atoms with E-state index in [0.717, 1.165) is 19.4 Å². The summed E-state index contributed by atoms with van der Waals surface area (Å²) in [5, 5.41) is 7.86. The van der Waals surface area contributed by atoms with Gasteiger partial charge in [0, 0.05) is 25.1 Å². The van der Waals surface area contributed by atoms with E-state index in [4.69, 9.17) is 9.47 Å². The number of likely N-dealkylation sites (tertiary alicyclic amines) is 1. The molecule has 1 unspecified atom stereocenters. The van der Waals surface area contributed by atoms with Crippen molar-refractivity contribution in [1.29, 1.82) is 0 Å². The molecule has 1 amide bonds. The van der Waals surface area contributed by atoms with E-state index in [1.807, 2.05) is 4.90 Å². The van der Waals surface area contributed by atoms with E-state index < -0.39 is 0 Å². The van der Waals surface area contributed by atoms with Crippen molar-refractivity contribution in [2.24, 2.45) is 5.92 Å². The van der Waals surface area contributed by atoms with Gasteiger partial charge in [-0.3, -0.25) is 4.79 Å². The number of carbonyl (C=O) groups is 1. The number of aromatic nitrogens is 2. The first-order chi connectivity index (χ1) is 10.2. The highest BCUT2D eigenvalue weighted by atomic mass is 16.5. The van der Waals surface area contributed by atoms with Crippen molar-refractivity contribution < 1.29 is 14.3 Å². The first-order valence-electron chi connectivity index (χ1n) is 7.57. The summed E-state index contributed by atoms with van der Waals surface area (Å²) in [6.45, 7) is 1.50. The maximum Gasteiger partial charge on any atom is 0.233 e. The number of hydrogen-bond acceptors (Lipinski definition) is 5. The van der Waals surface area contributed by atoms with Gasteiger partial charge in [0.1, 0.15) is 6.10 Å². The summed E-state index contributed by atoms with van der Waals surface area (Å²) in [5.74, 6) is 1.85. The minimum Gasteiger partial charge on any atom is -0.480 e. The number of methoxy groups -OCH3 is 1. The maximum absolute atomic E-state index is 12.2. The molecule has 3 rings (SSSR count). The smallest absolute Gasteiger partial charge is 0.233 e. The zero-order chi connectivity index (χ0) is 14.7. The first kappa shape index (κ1) is 14.1. The van der Waals surface area contributed by atoms with Crippen molar-refractivity contribution in [2.75, 3.05) is 20.2 Å². The molecule has 2 aliphatic rings. The van der Waals surface area contributed by atoms with Gasteiger partial charge < -0.3 is 14.4 Å². The summed E-state index contributed by atoms with van der Waals surface area (Å²) in [6.07, 6.45) is 5.05. The predicted octanol–water partition coefficient (Wildman–Crippen LogP) is 1.66. The Hall–Kier alpha value is -1.85. The molecular weight excluding hydrogens is 270 g/mol. The topological polar surface area (TPSA) is 64.6 Å². The molecule has 1 saturated carbocycles. The number of rotatable bonds is 5. The third-order valence-electron chi connectivity index (χ3n) is 4.00. The fourth-order valence-electron chi connectivity index (χ4n) is 2.61. The number of amides is 1. The van der Waals surface area contributed by atoms with Crippen LogP contribution < -0.4 is 9.47 Å². The third kappa shape index (κ3) is 3.83. The summed E-state index contributed by atoms with van der Waals surface area (Å²) in [6, 6.07) is 3.47. The van der Waals surface area contributed by atoms with Gasteiger partial charge in [0.15, 0.2) is 0 Å². The molecule has 1 aliphatic heterocycles. The largest absolute Gasteiger partial charge is 0.480 e. The Labute approximate surface area is 124 Å². The van der Waals surface area contributed by atoms with Crippen molar-refractivity contribution in [3.63, 3.8) is 0 Å². The molecule has 0 bridgehead atoms. The number of carbonyl (C=O) groups excluding carboxylic acids is 1. The predicted molar refractivity (Wildman–Crippen MR) is 76.2 cm³/mol. The van der Waals surface area contributed by atoms with Crippen molar-refractivity contribution in [3.8, 4) is 11.8 Å². The highest BCUT2D eigenvalue weighted by molar-refractivity contribution is 5.76. The molecule has 21 heavy (non-hydrogen) atoms. The Morgan fingerprint density at radius 3 is 2.71 bits per heavy atom. The highest BCUT2D eigenvalue weighted by Gasteiger charge is 2.30. The van der Waals surface area contributed by atoms with Crippen LogP contribution in [0.2, 0.25) is 0 Å². The Balaban J connectivity index is 1.53. The second kappa shape index (κ2) is 6.28. The monoisotopic (exact) mass is 291 g/mol. The molecule has 0 N–H and O–H groups in total. The van der Waals surface area contributed by atoms with Crippen LogP contribution in [0.3, 0.4) is 0 Å². The van der Waals surface area contributed by atoms with Gasteiger partial charge in [-0.1, -0.05) is 0 Å². The Kier molecular flexibility index (Phi) is 4.22. The standard InChI is InChI=1S/C15H21N3O3/c1-20-13-6-7-14(17-16-13)21-12-3-2-8-18(10-12)15(19)9-11-4-5-11/h6-7,11-12H,2-5,8-10H2,1H3. The third-order valence-corrected chi connectivity index (χ3v) is 4.00. The molecule has 6 nitrogen and oxygen atoms in total. The molecule has 2 fully saturated rings. The van der Waals surface area contributed by atoms with Crippen LogP contribution in [0, 0.1) is 5.92 Å². The van der Waals surface area contributed by atoms with Gasteiger partial charge in [0.2, 0.25) is 17.7 Å². The molecule has 0 spiro atoms. The van der Waals surface area contributed by atoms with Gasteiger partial charge in [-0.15, -0.1) is 10.2 Å². The lowest BCUT2D eigenvalue weighted by molar-refractivity contribution is -0.134. The van der Waals surface area contributed by atoms with E-state index in [-0.39, 0.29) is 12.0 Å². The second-order valence-corrected chi connectivity index (χ2v) is 5.78. The molecule has 1 aromatic rings. The van der Waals surface area contributed by atoms with Crippen LogP contribution in [0.4, 0.5) is 0 Å². The Bertz CT molecular complexity index is 487. The lowest BCUT2D eigenvalue weighted by Gasteiger charge is -2.32. The van der Waals surface area contributed by atoms with Crippen LogP contribution in [0.15, 0.2) is 12.1 Å². The van der Waals surface area contributed by atoms with Crippen LogP contribution in [-0.4, -0.2) is 47.3 Å². The van der Waals surface area contributed by atoms with Crippen LogP contribution in [0.25, 0.3) is 0 Å². The van der Waals surface area contributed by atoms with E-state index in [1.54, 1.807) is 19.2 Å². The molecule has 6 heteroatoms. The Morgan fingerprint density at radius 2 is 2.05 bits per heavy atom. The normalized spacial score (nSPS) is 22.0. The molecule has 1 aromatic heterocycles. The van der Waals surface area contributed by atoms with E-state index >= 15 is 0 Å². The summed E-state index contributed by atoms with van der Waals surface area (Å²) >= 11 is 0.